The molecule has 0 N–H and O–H groups in total. The van der Waals surface area contributed by atoms with E-state index in [0.717, 1.165) is 23.8 Å². The highest BCUT2D eigenvalue weighted by molar-refractivity contribution is 7.98. The van der Waals surface area contributed by atoms with E-state index in [1.165, 1.54) is 17.0 Å². The molecule has 1 aliphatic heterocycles. The van der Waals surface area contributed by atoms with Crippen LogP contribution >= 0.6 is 11.8 Å². The van der Waals surface area contributed by atoms with E-state index in [1.54, 1.807) is 0 Å². The SMILES string of the molecule is CCc1nc(C)c2c(n1)CSC2. The van der Waals surface area contributed by atoms with E-state index >= 15 is 0 Å². The first-order valence-corrected chi connectivity index (χ1v) is 5.39. The third-order valence-corrected chi connectivity index (χ3v) is 3.12. The van der Waals surface area contributed by atoms with E-state index in [-0.39, 0.29) is 0 Å². The second-order valence-electron chi connectivity index (χ2n) is 3.00. The molecule has 2 nitrogen and oxygen atoms in total. The Bertz CT molecular complexity index is 310. The molecular formula is C9H12N2S. The van der Waals surface area contributed by atoms with E-state index in [1.807, 2.05) is 11.8 Å². The molecule has 1 aromatic heterocycles. The maximum Gasteiger partial charge on any atom is 0.128 e. The molecule has 0 radical (unpaired) electrons. The third-order valence-electron chi connectivity index (χ3n) is 2.15. The summed E-state index contributed by atoms with van der Waals surface area (Å²) in [6.45, 7) is 4.19. The van der Waals surface area contributed by atoms with E-state index in [2.05, 4.69) is 23.8 Å². The lowest BCUT2D eigenvalue weighted by Gasteiger charge is -2.03. The topological polar surface area (TPSA) is 25.8 Å². The molecule has 2 heterocycles. The monoisotopic (exact) mass is 180 g/mol. The minimum atomic E-state index is 0.943. The molecule has 0 spiro atoms. The number of rotatable bonds is 1. The van der Waals surface area contributed by atoms with Crippen LogP contribution in [0.4, 0.5) is 0 Å². The lowest BCUT2D eigenvalue weighted by Crippen LogP contribution is -2.01. The van der Waals surface area contributed by atoms with Gasteiger partial charge in [-0.3, -0.25) is 0 Å². The quantitative estimate of drug-likeness (QED) is 0.662. The molecule has 1 aliphatic rings. The summed E-state index contributed by atoms with van der Waals surface area (Å²) in [5.74, 6) is 3.17. The van der Waals surface area contributed by atoms with Crippen molar-refractivity contribution in [3.63, 3.8) is 0 Å². The molecule has 64 valence electrons. The summed E-state index contributed by atoms with van der Waals surface area (Å²) in [5, 5.41) is 0. The zero-order chi connectivity index (χ0) is 8.55. The Labute approximate surface area is 76.8 Å². The van der Waals surface area contributed by atoms with Crippen molar-refractivity contribution >= 4 is 11.8 Å². The lowest BCUT2D eigenvalue weighted by atomic mass is 10.2. The first-order valence-electron chi connectivity index (χ1n) is 4.24. The van der Waals surface area contributed by atoms with Crippen LogP contribution in [-0.2, 0) is 17.9 Å². The fraction of sp³-hybridized carbons (Fsp3) is 0.556. The van der Waals surface area contributed by atoms with Crippen LogP contribution < -0.4 is 0 Å². The van der Waals surface area contributed by atoms with Gasteiger partial charge in [-0.25, -0.2) is 9.97 Å². The molecule has 2 rings (SSSR count). The molecule has 0 saturated heterocycles. The number of thioether (sulfide) groups is 1. The molecule has 12 heavy (non-hydrogen) atoms. The molecule has 0 bridgehead atoms. The van der Waals surface area contributed by atoms with Crippen LogP contribution in [0.25, 0.3) is 0 Å². The second kappa shape index (κ2) is 3.05. The molecule has 0 aliphatic carbocycles. The Morgan fingerprint density at radius 2 is 2.17 bits per heavy atom. The summed E-state index contributed by atoms with van der Waals surface area (Å²) in [5.41, 5.74) is 3.82. The lowest BCUT2D eigenvalue weighted by molar-refractivity contribution is 0.882. The van der Waals surface area contributed by atoms with Crippen molar-refractivity contribution in [2.75, 3.05) is 0 Å². The van der Waals surface area contributed by atoms with Crippen LogP contribution in [0.5, 0.6) is 0 Å². The summed E-state index contributed by atoms with van der Waals surface area (Å²) in [6.07, 6.45) is 0.943. The van der Waals surface area contributed by atoms with E-state index in [4.69, 9.17) is 0 Å². The smallest absolute Gasteiger partial charge is 0.128 e. The Hall–Kier alpha value is -0.570. The van der Waals surface area contributed by atoms with Crippen molar-refractivity contribution in [2.45, 2.75) is 31.8 Å². The van der Waals surface area contributed by atoms with Crippen LogP contribution in [-0.4, -0.2) is 9.97 Å². The predicted molar refractivity (Wildman–Crippen MR) is 51.1 cm³/mol. The molecular weight excluding hydrogens is 168 g/mol. The first-order chi connectivity index (χ1) is 5.81. The van der Waals surface area contributed by atoms with Gasteiger partial charge >= 0.3 is 0 Å². The van der Waals surface area contributed by atoms with Crippen LogP contribution in [0.3, 0.4) is 0 Å². The molecule has 0 amide bonds. The number of aryl methyl sites for hydroxylation is 2. The van der Waals surface area contributed by atoms with E-state index < -0.39 is 0 Å². The Kier molecular flexibility index (Phi) is 2.05. The fourth-order valence-corrected chi connectivity index (χ4v) is 2.55. The van der Waals surface area contributed by atoms with Gasteiger partial charge in [-0.05, 0) is 6.92 Å². The Morgan fingerprint density at radius 1 is 1.33 bits per heavy atom. The van der Waals surface area contributed by atoms with Crippen molar-refractivity contribution in [1.29, 1.82) is 0 Å². The molecule has 0 atom stereocenters. The molecule has 0 fully saturated rings. The number of hydrogen-bond acceptors (Lipinski definition) is 3. The van der Waals surface area contributed by atoms with Gasteiger partial charge in [-0.1, -0.05) is 6.92 Å². The average molecular weight is 180 g/mol. The summed E-state index contributed by atoms with van der Waals surface area (Å²) >= 11 is 1.93. The van der Waals surface area contributed by atoms with Crippen molar-refractivity contribution in [1.82, 2.24) is 9.97 Å². The van der Waals surface area contributed by atoms with Gasteiger partial charge in [-0.15, -0.1) is 0 Å². The summed E-state index contributed by atoms with van der Waals surface area (Å²) in [6, 6.07) is 0. The van der Waals surface area contributed by atoms with Crippen molar-refractivity contribution < 1.29 is 0 Å². The van der Waals surface area contributed by atoms with Gasteiger partial charge in [0.15, 0.2) is 0 Å². The number of nitrogens with zero attached hydrogens (tertiary/aromatic N) is 2. The number of fused-ring (bicyclic) bond motifs is 1. The highest BCUT2D eigenvalue weighted by Gasteiger charge is 2.16. The van der Waals surface area contributed by atoms with E-state index in [9.17, 15) is 0 Å². The predicted octanol–water partition coefficient (Wildman–Crippen LogP) is 2.09. The zero-order valence-corrected chi connectivity index (χ0v) is 8.24. The van der Waals surface area contributed by atoms with Crippen molar-refractivity contribution in [2.24, 2.45) is 0 Å². The average Bonchev–Trinajstić information content (AvgIpc) is 2.52. The molecule has 1 aromatic rings. The standard InChI is InChI=1S/C9H12N2S/c1-3-9-10-6(2)7-4-12-5-8(7)11-9/h3-5H2,1-2H3. The molecule has 0 unspecified atom stereocenters. The van der Waals surface area contributed by atoms with Crippen LogP contribution in [0, 0.1) is 6.92 Å². The highest BCUT2D eigenvalue weighted by Crippen LogP contribution is 2.29. The van der Waals surface area contributed by atoms with Crippen LogP contribution in [0.15, 0.2) is 0 Å². The number of hydrogen-bond donors (Lipinski definition) is 0. The minimum Gasteiger partial charge on any atom is -0.238 e. The van der Waals surface area contributed by atoms with Gasteiger partial charge in [0.25, 0.3) is 0 Å². The Balaban J connectivity index is 2.51. The summed E-state index contributed by atoms with van der Waals surface area (Å²) in [4.78, 5) is 8.94. The maximum absolute atomic E-state index is 4.50. The summed E-state index contributed by atoms with van der Waals surface area (Å²) < 4.78 is 0. The fourth-order valence-electron chi connectivity index (χ4n) is 1.43. The van der Waals surface area contributed by atoms with Gasteiger partial charge in [-0.2, -0.15) is 11.8 Å². The van der Waals surface area contributed by atoms with Gasteiger partial charge < -0.3 is 0 Å². The van der Waals surface area contributed by atoms with Gasteiger partial charge in [0.05, 0.1) is 5.69 Å². The molecule has 3 heteroatoms. The molecule has 0 aromatic carbocycles. The van der Waals surface area contributed by atoms with Gasteiger partial charge in [0, 0.05) is 29.2 Å². The zero-order valence-electron chi connectivity index (χ0n) is 7.42. The second-order valence-corrected chi connectivity index (χ2v) is 3.98. The van der Waals surface area contributed by atoms with E-state index in [0.29, 0.717) is 0 Å². The molecule has 0 saturated carbocycles. The van der Waals surface area contributed by atoms with Gasteiger partial charge in [0.1, 0.15) is 5.82 Å². The maximum atomic E-state index is 4.50. The third kappa shape index (κ3) is 1.22. The normalized spacial score (nSPS) is 14.8. The van der Waals surface area contributed by atoms with Crippen molar-refractivity contribution in [3.8, 4) is 0 Å². The largest absolute Gasteiger partial charge is 0.238 e. The first kappa shape index (κ1) is 8.05. The highest BCUT2D eigenvalue weighted by atomic mass is 32.2. The number of aromatic nitrogens is 2. The van der Waals surface area contributed by atoms with Crippen LogP contribution in [0.1, 0.15) is 29.7 Å². The van der Waals surface area contributed by atoms with Crippen molar-refractivity contribution in [3.05, 3.63) is 22.8 Å². The Morgan fingerprint density at radius 3 is 2.92 bits per heavy atom. The van der Waals surface area contributed by atoms with Gasteiger partial charge in [0.2, 0.25) is 0 Å². The minimum absolute atomic E-state index is 0.943. The summed E-state index contributed by atoms with van der Waals surface area (Å²) in [7, 11) is 0. The van der Waals surface area contributed by atoms with Crippen LogP contribution in [0.2, 0.25) is 0 Å².